The van der Waals surface area contributed by atoms with E-state index < -0.39 is 10.0 Å². The van der Waals surface area contributed by atoms with Crippen molar-refractivity contribution in [1.29, 1.82) is 0 Å². The largest absolute Gasteiger partial charge is 0.326 e. The number of hydrogen-bond donors (Lipinski definition) is 1. The first-order valence-corrected chi connectivity index (χ1v) is 13.5. The van der Waals surface area contributed by atoms with Crippen molar-refractivity contribution in [2.24, 2.45) is 5.92 Å². The van der Waals surface area contributed by atoms with Crippen molar-refractivity contribution < 1.29 is 13.2 Å². The van der Waals surface area contributed by atoms with Crippen LogP contribution in [-0.4, -0.2) is 49.7 Å². The van der Waals surface area contributed by atoms with Crippen LogP contribution in [0.4, 0.5) is 5.69 Å². The lowest BCUT2D eigenvalue weighted by Gasteiger charge is -2.31. The Morgan fingerprint density at radius 2 is 1.59 bits per heavy atom. The van der Waals surface area contributed by atoms with Crippen molar-refractivity contribution in [1.82, 2.24) is 9.21 Å². The van der Waals surface area contributed by atoms with Crippen LogP contribution in [0.3, 0.4) is 0 Å². The molecule has 0 saturated carbocycles. The summed E-state index contributed by atoms with van der Waals surface area (Å²) in [6.07, 6.45) is 1.62. The number of benzene rings is 3. The fourth-order valence-corrected chi connectivity index (χ4v) is 6.15. The molecule has 7 heteroatoms. The van der Waals surface area contributed by atoms with Crippen LogP contribution in [0.25, 0.3) is 10.8 Å². The van der Waals surface area contributed by atoms with Gasteiger partial charge in [-0.15, -0.1) is 0 Å². The Kier molecular flexibility index (Phi) is 7.66. The van der Waals surface area contributed by atoms with Gasteiger partial charge in [-0.25, -0.2) is 8.42 Å². The number of nitrogens with one attached hydrogen (secondary N) is 1. The third kappa shape index (κ3) is 5.32. The van der Waals surface area contributed by atoms with E-state index in [1.807, 2.05) is 13.8 Å². The summed E-state index contributed by atoms with van der Waals surface area (Å²) in [4.78, 5) is 15.5. The fraction of sp³-hybridized carbons (Fsp3) is 0.370. The normalized spacial score (nSPS) is 15.6. The van der Waals surface area contributed by atoms with Gasteiger partial charge in [0.05, 0.1) is 4.90 Å². The van der Waals surface area contributed by atoms with E-state index in [1.165, 1.54) is 20.6 Å². The molecule has 3 aromatic rings. The van der Waals surface area contributed by atoms with E-state index in [0.29, 0.717) is 18.8 Å². The van der Waals surface area contributed by atoms with Crippen molar-refractivity contribution in [2.75, 3.05) is 31.5 Å². The molecule has 6 nitrogen and oxygen atoms in total. The van der Waals surface area contributed by atoms with E-state index in [9.17, 15) is 13.2 Å². The molecule has 0 aromatic heterocycles. The van der Waals surface area contributed by atoms with Crippen molar-refractivity contribution in [2.45, 2.75) is 38.1 Å². The van der Waals surface area contributed by atoms with E-state index in [1.54, 1.807) is 24.3 Å². The average molecular weight is 480 g/mol. The second-order valence-corrected chi connectivity index (χ2v) is 10.7. The van der Waals surface area contributed by atoms with Gasteiger partial charge < -0.3 is 5.32 Å². The predicted molar refractivity (Wildman–Crippen MR) is 137 cm³/mol. The number of rotatable bonds is 8. The number of carbonyl (C=O) groups is 1. The third-order valence-corrected chi connectivity index (χ3v) is 8.76. The number of hydrogen-bond acceptors (Lipinski definition) is 4. The lowest BCUT2D eigenvalue weighted by Crippen LogP contribution is -2.37. The molecule has 180 valence electrons. The van der Waals surface area contributed by atoms with Crippen LogP contribution >= 0.6 is 0 Å². The second kappa shape index (κ2) is 10.7. The van der Waals surface area contributed by atoms with E-state index in [-0.39, 0.29) is 16.7 Å². The number of likely N-dealkylation sites (tertiary alicyclic amines) is 1. The molecule has 1 fully saturated rings. The molecule has 1 aliphatic heterocycles. The third-order valence-electron chi connectivity index (χ3n) is 6.70. The molecule has 0 aliphatic carbocycles. The molecule has 0 unspecified atom stereocenters. The molecule has 34 heavy (non-hydrogen) atoms. The Balaban J connectivity index is 1.32. The molecule has 1 amide bonds. The molecule has 4 rings (SSSR count). The standard InChI is InChI=1S/C27H33N3O3S/c1-3-30(4-2)34(32,33)25-14-12-24(13-15-25)28-27(31)22-16-18-29(19-17-22)20-23-10-7-9-21-8-5-6-11-26(21)23/h5-15,22H,3-4,16-20H2,1-2H3,(H,28,31). The summed E-state index contributed by atoms with van der Waals surface area (Å²) in [7, 11) is -3.50. The summed E-state index contributed by atoms with van der Waals surface area (Å²) in [6, 6.07) is 21.4. The molecule has 1 aliphatic rings. The summed E-state index contributed by atoms with van der Waals surface area (Å²) >= 11 is 0. The van der Waals surface area contributed by atoms with Crippen molar-refractivity contribution in [3.05, 3.63) is 72.3 Å². The Labute approximate surface area is 202 Å². The van der Waals surface area contributed by atoms with Crippen LogP contribution in [0.15, 0.2) is 71.6 Å². The van der Waals surface area contributed by atoms with Gasteiger partial charge in [-0.2, -0.15) is 4.31 Å². The molecule has 3 aromatic carbocycles. The first-order valence-electron chi connectivity index (χ1n) is 12.0. The minimum Gasteiger partial charge on any atom is -0.326 e. The van der Waals surface area contributed by atoms with Crippen molar-refractivity contribution >= 4 is 32.4 Å². The monoisotopic (exact) mass is 479 g/mol. The zero-order valence-corrected chi connectivity index (χ0v) is 20.7. The predicted octanol–water partition coefficient (Wildman–Crippen LogP) is 4.72. The Morgan fingerprint density at radius 3 is 2.26 bits per heavy atom. The number of fused-ring (bicyclic) bond motifs is 1. The van der Waals surface area contributed by atoms with Crippen LogP contribution in [0.1, 0.15) is 32.3 Å². The molecular weight excluding hydrogens is 446 g/mol. The SMILES string of the molecule is CCN(CC)S(=O)(=O)c1ccc(NC(=O)C2CCN(Cc3cccc4ccccc34)CC2)cc1. The second-order valence-electron chi connectivity index (χ2n) is 8.79. The van der Waals surface area contributed by atoms with E-state index in [4.69, 9.17) is 0 Å². The van der Waals surface area contributed by atoms with E-state index in [2.05, 4.69) is 52.7 Å². The molecule has 1 heterocycles. The number of nitrogens with zero attached hydrogens (tertiary/aromatic N) is 2. The van der Waals surface area contributed by atoms with Crippen LogP contribution in [0, 0.1) is 5.92 Å². The maximum absolute atomic E-state index is 12.8. The summed E-state index contributed by atoms with van der Waals surface area (Å²) in [5.41, 5.74) is 1.95. The van der Waals surface area contributed by atoms with Crippen molar-refractivity contribution in [3.63, 3.8) is 0 Å². The van der Waals surface area contributed by atoms with Gasteiger partial charge in [0, 0.05) is 31.2 Å². The zero-order chi connectivity index (χ0) is 24.1. The zero-order valence-electron chi connectivity index (χ0n) is 19.9. The number of sulfonamides is 1. The topological polar surface area (TPSA) is 69.7 Å². The number of amides is 1. The maximum Gasteiger partial charge on any atom is 0.243 e. The summed E-state index contributed by atoms with van der Waals surface area (Å²) in [5.74, 6) is -0.0352. The number of piperidine rings is 1. The minimum absolute atomic E-state index is 0.00385. The Hall–Kier alpha value is -2.74. The average Bonchev–Trinajstić information content (AvgIpc) is 2.85. The summed E-state index contributed by atoms with van der Waals surface area (Å²) in [6.45, 7) is 7.14. The van der Waals surface area contributed by atoms with Gasteiger partial charge in [-0.3, -0.25) is 9.69 Å². The highest BCUT2D eigenvalue weighted by atomic mass is 32.2. The highest BCUT2D eigenvalue weighted by molar-refractivity contribution is 7.89. The van der Waals surface area contributed by atoms with Gasteiger partial charge in [-0.05, 0) is 66.5 Å². The number of carbonyl (C=O) groups excluding carboxylic acids is 1. The highest BCUT2D eigenvalue weighted by Gasteiger charge is 2.26. The van der Waals surface area contributed by atoms with E-state index >= 15 is 0 Å². The molecule has 0 spiro atoms. The maximum atomic E-state index is 12.8. The van der Waals surface area contributed by atoms with Gasteiger partial charge in [-0.1, -0.05) is 56.3 Å². The lowest BCUT2D eigenvalue weighted by atomic mass is 9.95. The Bertz CT molecular complexity index is 1220. The van der Waals surface area contributed by atoms with Crippen LogP contribution in [0.2, 0.25) is 0 Å². The van der Waals surface area contributed by atoms with Gasteiger partial charge in [0.1, 0.15) is 0 Å². The van der Waals surface area contributed by atoms with Gasteiger partial charge >= 0.3 is 0 Å². The van der Waals surface area contributed by atoms with Gasteiger partial charge in [0.2, 0.25) is 15.9 Å². The Morgan fingerprint density at radius 1 is 0.941 bits per heavy atom. The quantitative estimate of drug-likeness (QED) is 0.508. The van der Waals surface area contributed by atoms with Gasteiger partial charge in [0.15, 0.2) is 0 Å². The smallest absolute Gasteiger partial charge is 0.243 e. The molecule has 1 saturated heterocycles. The first kappa shape index (κ1) is 24.4. The lowest BCUT2D eigenvalue weighted by molar-refractivity contribution is -0.121. The van der Waals surface area contributed by atoms with Crippen LogP contribution < -0.4 is 5.32 Å². The van der Waals surface area contributed by atoms with E-state index in [0.717, 1.165) is 32.5 Å². The summed E-state index contributed by atoms with van der Waals surface area (Å²) < 4.78 is 26.7. The molecular formula is C27H33N3O3S. The van der Waals surface area contributed by atoms with Crippen LogP contribution in [-0.2, 0) is 21.4 Å². The molecule has 1 N–H and O–H groups in total. The molecule has 0 atom stereocenters. The van der Waals surface area contributed by atoms with Crippen LogP contribution in [0.5, 0.6) is 0 Å². The highest BCUT2D eigenvalue weighted by Crippen LogP contribution is 2.25. The fourth-order valence-electron chi connectivity index (χ4n) is 4.69. The van der Waals surface area contributed by atoms with Gasteiger partial charge in [0.25, 0.3) is 0 Å². The minimum atomic E-state index is -3.50. The first-order chi connectivity index (χ1) is 16.4. The number of anilines is 1. The molecule has 0 bridgehead atoms. The van der Waals surface area contributed by atoms with Crippen molar-refractivity contribution in [3.8, 4) is 0 Å². The summed E-state index contributed by atoms with van der Waals surface area (Å²) in [5, 5.41) is 5.51. The molecule has 0 radical (unpaired) electrons.